The molecule has 1 heterocycles. The molecule has 18 heavy (non-hydrogen) atoms. The highest BCUT2D eigenvalue weighted by Crippen LogP contribution is 2.33. The maximum absolute atomic E-state index is 12.0. The molecule has 0 amide bonds. The summed E-state index contributed by atoms with van der Waals surface area (Å²) < 4.78 is 24.1. The molecule has 1 saturated carbocycles. The van der Waals surface area contributed by atoms with Gasteiger partial charge in [0.25, 0.3) is 0 Å². The molecule has 98 valence electrons. The fourth-order valence-corrected chi connectivity index (χ4v) is 4.26. The van der Waals surface area contributed by atoms with Crippen molar-refractivity contribution in [2.24, 2.45) is 0 Å². The molecule has 1 aliphatic carbocycles. The minimum Gasteiger partial charge on any atom is -0.314 e. The second-order valence-electron chi connectivity index (χ2n) is 5.39. The topological polar surface area (TPSA) is 46.2 Å². The van der Waals surface area contributed by atoms with Crippen LogP contribution in [0.5, 0.6) is 0 Å². The Kier molecular flexibility index (Phi) is 3.16. The zero-order valence-electron chi connectivity index (χ0n) is 10.4. The van der Waals surface area contributed by atoms with Crippen molar-refractivity contribution >= 4 is 9.84 Å². The minimum atomic E-state index is -3.03. The van der Waals surface area contributed by atoms with Crippen LogP contribution in [0.3, 0.4) is 0 Å². The van der Waals surface area contributed by atoms with Crippen LogP contribution in [0.2, 0.25) is 0 Å². The fourth-order valence-electron chi connectivity index (χ4n) is 2.60. The first-order valence-electron chi connectivity index (χ1n) is 6.72. The number of hydrogen-bond acceptors (Lipinski definition) is 3. The van der Waals surface area contributed by atoms with Crippen LogP contribution in [0.1, 0.15) is 31.2 Å². The summed E-state index contributed by atoms with van der Waals surface area (Å²) in [7, 11) is -3.03. The van der Waals surface area contributed by atoms with Gasteiger partial charge < -0.3 is 5.32 Å². The molecule has 0 radical (unpaired) electrons. The molecule has 1 aliphatic heterocycles. The van der Waals surface area contributed by atoms with E-state index in [-0.39, 0.29) is 5.25 Å². The zero-order chi connectivity index (χ0) is 12.6. The number of rotatable bonds is 4. The highest BCUT2D eigenvalue weighted by Gasteiger charge is 2.36. The van der Waals surface area contributed by atoms with Crippen molar-refractivity contribution in [3.05, 3.63) is 29.8 Å². The summed E-state index contributed by atoms with van der Waals surface area (Å²) in [6.07, 6.45) is 5.14. The Balaban J connectivity index is 1.72. The summed E-state index contributed by atoms with van der Waals surface area (Å²) in [5.41, 5.74) is 1.23. The second-order valence-corrected chi connectivity index (χ2v) is 7.61. The van der Waals surface area contributed by atoms with Crippen LogP contribution in [0.25, 0.3) is 0 Å². The van der Waals surface area contributed by atoms with Crippen LogP contribution in [0.15, 0.2) is 29.2 Å². The first kappa shape index (κ1) is 12.2. The van der Waals surface area contributed by atoms with Crippen LogP contribution in [-0.2, 0) is 16.3 Å². The summed E-state index contributed by atoms with van der Waals surface area (Å²) in [6.45, 7) is 1.11. The van der Waals surface area contributed by atoms with Gasteiger partial charge in [-0.3, -0.25) is 0 Å². The van der Waals surface area contributed by atoms with Crippen LogP contribution >= 0.6 is 0 Å². The van der Waals surface area contributed by atoms with Gasteiger partial charge in [0.05, 0.1) is 10.1 Å². The van der Waals surface area contributed by atoms with Crippen molar-refractivity contribution in [2.75, 3.05) is 6.54 Å². The predicted molar refractivity (Wildman–Crippen MR) is 71.4 cm³/mol. The predicted octanol–water partition coefficient (Wildman–Crippen LogP) is 1.92. The van der Waals surface area contributed by atoms with E-state index in [2.05, 4.69) is 5.32 Å². The fraction of sp³-hybridized carbons (Fsp3) is 0.571. The van der Waals surface area contributed by atoms with Crippen molar-refractivity contribution < 1.29 is 8.42 Å². The quantitative estimate of drug-likeness (QED) is 0.904. The van der Waals surface area contributed by atoms with E-state index in [0.717, 1.165) is 25.8 Å². The molecule has 2 fully saturated rings. The molecule has 0 bridgehead atoms. The Bertz CT molecular complexity index is 511. The third kappa shape index (κ3) is 2.45. The van der Waals surface area contributed by atoms with Crippen molar-refractivity contribution in [1.29, 1.82) is 0 Å². The molecule has 2 aliphatic rings. The first-order valence-corrected chi connectivity index (χ1v) is 8.27. The largest absolute Gasteiger partial charge is 0.314 e. The van der Waals surface area contributed by atoms with E-state index in [0.29, 0.717) is 10.9 Å². The van der Waals surface area contributed by atoms with Gasteiger partial charge in [-0.05, 0) is 56.3 Å². The highest BCUT2D eigenvalue weighted by atomic mass is 32.2. The first-order chi connectivity index (χ1) is 8.66. The second kappa shape index (κ2) is 4.67. The molecule has 1 N–H and O–H groups in total. The summed E-state index contributed by atoms with van der Waals surface area (Å²) in [5, 5.41) is 3.35. The van der Waals surface area contributed by atoms with Crippen LogP contribution in [0, 0.1) is 0 Å². The van der Waals surface area contributed by atoms with Gasteiger partial charge in [-0.15, -0.1) is 0 Å². The number of benzene rings is 1. The van der Waals surface area contributed by atoms with Crippen LogP contribution in [-0.4, -0.2) is 26.3 Å². The SMILES string of the molecule is O=S(=O)(c1ccc(CC2CCCN2)cc1)C1CC1. The molecule has 1 unspecified atom stereocenters. The average molecular weight is 265 g/mol. The van der Waals surface area contributed by atoms with Crippen molar-refractivity contribution in [3.8, 4) is 0 Å². The summed E-state index contributed by atoms with van der Waals surface area (Å²) in [6, 6.07) is 8.05. The summed E-state index contributed by atoms with van der Waals surface area (Å²) >= 11 is 0. The van der Waals surface area contributed by atoms with Crippen LogP contribution in [0.4, 0.5) is 0 Å². The van der Waals surface area contributed by atoms with Gasteiger partial charge in [0.1, 0.15) is 0 Å². The molecule has 4 heteroatoms. The lowest BCUT2D eigenvalue weighted by molar-refractivity contribution is 0.594. The van der Waals surface area contributed by atoms with Gasteiger partial charge in [0.2, 0.25) is 0 Å². The van der Waals surface area contributed by atoms with E-state index >= 15 is 0 Å². The summed E-state index contributed by atoms with van der Waals surface area (Å²) in [5.74, 6) is 0. The van der Waals surface area contributed by atoms with Crippen LogP contribution < -0.4 is 5.32 Å². The molecule has 1 saturated heterocycles. The van der Waals surface area contributed by atoms with E-state index in [1.54, 1.807) is 12.1 Å². The van der Waals surface area contributed by atoms with Crippen molar-refractivity contribution in [1.82, 2.24) is 5.32 Å². The van der Waals surface area contributed by atoms with Gasteiger partial charge in [0.15, 0.2) is 9.84 Å². The van der Waals surface area contributed by atoms with E-state index in [9.17, 15) is 8.42 Å². The highest BCUT2D eigenvalue weighted by molar-refractivity contribution is 7.92. The van der Waals surface area contributed by atoms with Gasteiger partial charge in [-0.25, -0.2) is 8.42 Å². The van der Waals surface area contributed by atoms with E-state index in [4.69, 9.17) is 0 Å². The molecule has 0 spiro atoms. The average Bonchev–Trinajstić information content (AvgIpc) is 3.11. The molecule has 0 aromatic heterocycles. The molecule has 1 atom stereocenters. The number of nitrogens with one attached hydrogen (secondary N) is 1. The summed E-state index contributed by atoms with van der Waals surface area (Å²) in [4.78, 5) is 0.494. The molecule has 3 rings (SSSR count). The Morgan fingerprint density at radius 3 is 2.39 bits per heavy atom. The Labute approximate surface area is 109 Å². The third-order valence-electron chi connectivity index (χ3n) is 3.86. The smallest absolute Gasteiger partial charge is 0.181 e. The Hall–Kier alpha value is -0.870. The monoisotopic (exact) mass is 265 g/mol. The van der Waals surface area contributed by atoms with Crippen molar-refractivity contribution in [2.45, 2.75) is 48.3 Å². The van der Waals surface area contributed by atoms with E-state index in [1.165, 1.54) is 18.4 Å². The maximum atomic E-state index is 12.0. The lowest BCUT2D eigenvalue weighted by Crippen LogP contribution is -2.23. The standard InChI is InChI=1S/C14H19NO2S/c16-18(17,14-7-8-14)13-5-3-11(4-6-13)10-12-2-1-9-15-12/h3-6,12,14-15H,1-2,7-10H2. The normalized spacial score (nSPS) is 24.3. The molecule has 1 aromatic rings. The molecule has 1 aromatic carbocycles. The van der Waals surface area contributed by atoms with Crippen molar-refractivity contribution in [3.63, 3.8) is 0 Å². The van der Waals surface area contributed by atoms with Gasteiger partial charge >= 0.3 is 0 Å². The Morgan fingerprint density at radius 2 is 1.83 bits per heavy atom. The van der Waals surface area contributed by atoms with Gasteiger partial charge in [-0.1, -0.05) is 12.1 Å². The van der Waals surface area contributed by atoms with Gasteiger partial charge in [-0.2, -0.15) is 0 Å². The number of sulfone groups is 1. The third-order valence-corrected chi connectivity index (χ3v) is 6.14. The zero-order valence-corrected chi connectivity index (χ0v) is 11.2. The Morgan fingerprint density at radius 1 is 1.11 bits per heavy atom. The maximum Gasteiger partial charge on any atom is 0.181 e. The molecule has 3 nitrogen and oxygen atoms in total. The molecular formula is C14H19NO2S. The lowest BCUT2D eigenvalue weighted by atomic mass is 10.1. The van der Waals surface area contributed by atoms with E-state index in [1.807, 2.05) is 12.1 Å². The van der Waals surface area contributed by atoms with Gasteiger partial charge in [0, 0.05) is 6.04 Å². The molecular weight excluding hydrogens is 246 g/mol. The van der Waals surface area contributed by atoms with E-state index < -0.39 is 9.84 Å². The lowest BCUT2D eigenvalue weighted by Gasteiger charge is -2.10. The number of hydrogen-bond donors (Lipinski definition) is 1. The minimum absolute atomic E-state index is 0.111.